The second-order valence-corrected chi connectivity index (χ2v) is 5.58. The van der Waals surface area contributed by atoms with Crippen molar-refractivity contribution in [3.05, 3.63) is 35.9 Å². The van der Waals surface area contributed by atoms with Crippen molar-refractivity contribution in [2.75, 3.05) is 26.8 Å². The first-order valence-electron chi connectivity index (χ1n) is 6.50. The molecule has 1 aromatic carbocycles. The molecule has 0 aliphatic rings. The smallest absolute Gasteiger partial charge is 0.285 e. The number of nitrogens with one attached hydrogen (secondary N) is 1. The van der Waals surface area contributed by atoms with E-state index in [0.29, 0.717) is 13.2 Å². The van der Waals surface area contributed by atoms with Crippen LogP contribution in [0.25, 0.3) is 0 Å². The molecule has 0 bridgehead atoms. The van der Waals surface area contributed by atoms with Crippen LogP contribution in [0.5, 0.6) is 0 Å². The lowest BCUT2D eigenvalue weighted by molar-refractivity contribution is -0.00545. The van der Waals surface area contributed by atoms with E-state index in [1.807, 2.05) is 13.8 Å². The maximum absolute atomic E-state index is 13.9. The number of alkyl halides is 2. The highest BCUT2D eigenvalue weighted by molar-refractivity contribution is 5.20. The monoisotopic (exact) mass is 271 g/mol. The van der Waals surface area contributed by atoms with Gasteiger partial charge < -0.3 is 10.1 Å². The number of benzene rings is 1. The number of methoxy groups -OCH3 is 1. The van der Waals surface area contributed by atoms with Gasteiger partial charge in [-0.25, -0.2) is 0 Å². The second kappa shape index (κ2) is 6.96. The molecule has 0 atom stereocenters. The first kappa shape index (κ1) is 16.1. The molecule has 0 amide bonds. The SMILES string of the molecule is COCCC(C)(C)CNCC(F)(F)c1ccccc1. The Morgan fingerprint density at radius 2 is 1.74 bits per heavy atom. The van der Waals surface area contributed by atoms with Crippen LogP contribution in [-0.4, -0.2) is 26.8 Å². The van der Waals surface area contributed by atoms with Gasteiger partial charge in [0.15, 0.2) is 0 Å². The molecule has 0 aliphatic heterocycles. The first-order valence-corrected chi connectivity index (χ1v) is 6.50. The fourth-order valence-corrected chi connectivity index (χ4v) is 1.81. The van der Waals surface area contributed by atoms with E-state index in [0.717, 1.165) is 6.42 Å². The molecular formula is C15H23F2NO. The zero-order valence-electron chi connectivity index (χ0n) is 11.9. The summed E-state index contributed by atoms with van der Waals surface area (Å²) >= 11 is 0. The van der Waals surface area contributed by atoms with E-state index in [-0.39, 0.29) is 17.5 Å². The minimum atomic E-state index is -2.83. The molecule has 0 saturated carbocycles. The summed E-state index contributed by atoms with van der Waals surface area (Å²) in [6.45, 7) is 4.93. The number of hydrogen-bond acceptors (Lipinski definition) is 2. The summed E-state index contributed by atoms with van der Waals surface area (Å²) in [6, 6.07) is 7.91. The van der Waals surface area contributed by atoms with Crippen LogP contribution in [0.1, 0.15) is 25.8 Å². The predicted octanol–water partition coefficient (Wildman–Crippen LogP) is 3.43. The Morgan fingerprint density at radius 1 is 1.11 bits per heavy atom. The van der Waals surface area contributed by atoms with Crippen molar-refractivity contribution < 1.29 is 13.5 Å². The third kappa shape index (κ3) is 5.66. The van der Waals surface area contributed by atoms with Gasteiger partial charge in [-0.15, -0.1) is 0 Å². The van der Waals surface area contributed by atoms with Crippen LogP contribution in [0.2, 0.25) is 0 Å². The maximum atomic E-state index is 13.9. The number of rotatable bonds is 8. The van der Waals surface area contributed by atoms with Gasteiger partial charge in [0.05, 0.1) is 6.54 Å². The number of ether oxygens (including phenoxy) is 1. The summed E-state index contributed by atoms with van der Waals surface area (Å²) in [5.41, 5.74) is 0.000161. The normalized spacial score (nSPS) is 12.7. The minimum absolute atomic E-state index is 0.0528. The van der Waals surface area contributed by atoms with Crippen LogP contribution in [0.15, 0.2) is 30.3 Å². The van der Waals surface area contributed by atoms with Gasteiger partial charge in [0.1, 0.15) is 0 Å². The Labute approximate surface area is 114 Å². The second-order valence-electron chi connectivity index (χ2n) is 5.58. The lowest BCUT2D eigenvalue weighted by Crippen LogP contribution is -2.37. The Kier molecular flexibility index (Phi) is 5.88. The number of hydrogen-bond donors (Lipinski definition) is 1. The Bertz CT molecular complexity index is 366. The van der Waals surface area contributed by atoms with Crippen molar-refractivity contribution in [2.24, 2.45) is 5.41 Å². The summed E-state index contributed by atoms with van der Waals surface area (Å²) in [7, 11) is 1.65. The van der Waals surface area contributed by atoms with Crippen molar-refractivity contribution in [3.8, 4) is 0 Å². The molecule has 108 valence electrons. The van der Waals surface area contributed by atoms with Crippen molar-refractivity contribution in [2.45, 2.75) is 26.2 Å². The molecule has 1 rings (SSSR count). The van der Waals surface area contributed by atoms with Crippen LogP contribution in [0, 0.1) is 5.41 Å². The van der Waals surface area contributed by atoms with Crippen molar-refractivity contribution in [1.82, 2.24) is 5.32 Å². The molecule has 0 saturated heterocycles. The van der Waals surface area contributed by atoms with Gasteiger partial charge in [-0.2, -0.15) is 8.78 Å². The van der Waals surface area contributed by atoms with Crippen LogP contribution in [-0.2, 0) is 10.7 Å². The fraction of sp³-hybridized carbons (Fsp3) is 0.600. The van der Waals surface area contributed by atoms with E-state index >= 15 is 0 Å². The zero-order chi connectivity index (χ0) is 14.4. The van der Waals surface area contributed by atoms with Crippen LogP contribution >= 0.6 is 0 Å². The summed E-state index contributed by atoms with van der Waals surface area (Å²) in [5.74, 6) is -2.83. The molecule has 0 aliphatic carbocycles. The zero-order valence-corrected chi connectivity index (χ0v) is 11.9. The fourth-order valence-electron chi connectivity index (χ4n) is 1.81. The summed E-state index contributed by atoms with van der Waals surface area (Å²) in [6.07, 6.45) is 0.841. The van der Waals surface area contributed by atoms with E-state index in [4.69, 9.17) is 4.74 Å². The summed E-state index contributed by atoms with van der Waals surface area (Å²) in [4.78, 5) is 0. The summed E-state index contributed by atoms with van der Waals surface area (Å²) in [5, 5.41) is 2.87. The Balaban J connectivity index is 2.44. The quantitative estimate of drug-likeness (QED) is 0.782. The van der Waals surface area contributed by atoms with E-state index in [2.05, 4.69) is 5.32 Å². The first-order chi connectivity index (χ1) is 8.87. The van der Waals surface area contributed by atoms with E-state index in [9.17, 15) is 8.78 Å². The minimum Gasteiger partial charge on any atom is -0.385 e. The average molecular weight is 271 g/mol. The van der Waals surface area contributed by atoms with E-state index in [1.165, 1.54) is 12.1 Å². The molecule has 1 aromatic rings. The lowest BCUT2D eigenvalue weighted by Gasteiger charge is -2.26. The maximum Gasteiger partial charge on any atom is 0.285 e. The molecule has 0 fully saturated rings. The van der Waals surface area contributed by atoms with Crippen LogP contribution in [0.3, 0.4) is 0 Å². The molecular weight excluding hydrogens is 248 g/mol. The standard InChI is InChI=1S/C15H23F2NO/c1-14(2,9-10-19-3)11-18-12-15(16,17)13-7-5-4-6-8-13/h4-8,18H,9-12H2,1-3H3. The summed E-state index contributed by atoms with van der Waals surface area (Å²) < 4.78 is 32.8. The predicted molar refractivity (Wildman–Crippen MR) is 73.5 cm³/mol. The van der Waals surface area contributed by atoms with Gasteiger partial charge in [0.2, 0.25) is 0 Å². The van der Waals surface area contributed by atoms with E-state index in [1.54, 1.807) is 25.3 Å². The van der Waals surface area contributed by atoms with Crippen LogP contribution < -0.4 is 5.32 Å². The van der Waals surface area contributed by atoms with Gasteiger partial charge >= 0.3 is 0 Å². The van der Waals surface area contributed by atoms with Gasteiger partial charge in [-0.05, 0) is 11.8 Å². The molecule has 1 N–H and O–H groups in total. The highest BCUT2D eigenvalue weighted by Gasteiger charge is 2.31. The average Bonchev–Trinajstić information content (AvgIpc) is 2.37. The Hall–Kier alpha value is -1.00. The highest BCUT2D eigenvalue weighted by atomic mass is 19.3. The van der Waals surface area contributed by atoms with Gasteiger partial charge in [0.25, 0.3) is 5.92 Å². The van der Waals surface area contributed by atoms with Gasteiger partial charge in [-0.1, -0.05) is 44.2 Å². The Morgan fingerprint density at radius 3 is 2.32 bits per heavy atom. The molecule has 0 aromatic heterocycles. The molecule has 0 radical (unpaired) electrons. The topological polar surface area (TPSA) is 21.3 Å². The third-order valence-corrected chi connectivity index (χ3v) is 3.13. The van der Waals surface area contributed by atoms with Crippen molar-refractivity contribution in [3.63, 3.8) is 0 Å². The molecule has 4 heteroatoms. The largest absolute Gasteiger partial charge is 0.385 e. The van der Waals surface area contributed by atoms with Gasteiger partial charge in [0, 0.05) is 25.8 Å². The van der Waals surface area contributed by atoms with Gasteiger partial charge in [-0.3, -0.25) is 0 Å². The molecule has 2 nitrogen and oxygen atoms in total. The van der Waals surface area contributed by atoms with Crippen molar-refractivity contribution in [1.29, 1.82) is 0 Å². The molecule has 0 unspecified atom stereocenters. The van der Waals surface area contributed by atoms with Crippen LogP contribution in [0.4, 0.5) is 8.78 Å². The van der Waals surface area contributed by atoms with E-state index < -0.39 is 5.92 Å². The number of halogens is 2. The third-order valence-electron chi connectivity index (χ3n) is 3.13. The lowest BCUT2D eigenvalue weighted by atomic mass is 9.89. The molecule has 19 heavy (non-hydrogen) atoms. The van der Waals surface area contributed by atoms with Crippen molar-refractivity contribution >= 4 is 0 Å². The molecule has 0 heterocycles. The highest BCUT2D eigenvalue weighted by Crippen LogP contribution is 2.27. The molecule has 0 spiro atoms.